The number of nitrogen functional groups attached to an aromatic ring is 1. The molecule has 0 saturated carbocycles. The van der Waals surface area contributed by atoms with E-state index in [1.54, 1.807) is 11.8 Å². The van der Waals surface area contributed by atoms with Gasteiger partial charge >= 0.3 is 0 Å². The van der Waals surface area contributed by atoms with Crippen molar-refractivity contribution in [1.82, 2.24) is 10.2 Å². The Morgan fingerprint density at radius 1 is 1.00 bits per heavy atom. The number of nitrogens with two attached hydrogens (primary N) is 1. The third-order valence-corrected chi connectivity index (χ3v) is 6.22. The van der Waals surface area contributed by atoms with E-state index < -0.39 is 0 Å². The third kappa shape index (κ3) is 3.83. The maximum Gasteiger partial charge on any atom is 0.251 e. The summed E-state index contributed by atoms with van der Waals surface area (Å²) in [4.78, 5) is 17.3. The molecule has 2 aromatic carbocycles. The molecule has 0 aliphatic carbocycles. The highest BCUT2D eigenvalue weighted by Gasteiger charge is 2.34. The van der Waals surface area contributed by atoms with Crippen molar-refractivity contribution < 1.29 is 4.79 Å². The zero-order chi connectivity index (χ0) is 17.2. The van der Waals surface area contributed by atoms with E-state index in [1.165, 1.54) is 25.9 Å². The van der Waals surface area contributed by atoms with Crippen molar-refractivity contribution in [2.45, 2.75) is 28.7 Å². The normalized spacial score (nSPS) is 24.9. The van der Waals surface area contributed by atoms with Crippen LogP contribution in [0.3, 0.4) is 0 Å². The van der Waals surface area contributed by atoms with E-state index in [4.69, 9.17) is 5.73 Å². The maximum absolute atomic E-state index is 12.5. The summed E-state index contributed by atoms with van der Waals surface area (Å²) in [6.07, 6.45) is 2.42. The standard InChI is InChI=1S/C20H23N3OS/c21-16-3-7-18(8-4-16)25-17-5-1-15(2-6-17)20(24)22-19-13-23-11-9-14(19)10-12-23/h1-8,14,19H,9-13,21H2,(H,22,24). The first-order valence-electron chi connectivity index (χ1n) is 8.84. The predicted octanol–water partition coefficient (Wildman–Crippen LogP) is 3.24. The topological polar surface area (TPSA) is 58.4 Å². The quantitative estimate of drug-likeness (QED) is 0.829. The molecule has 0 aromatic heterocycles. The van der Waals surface area contributed by atoms with Crippen LogP contribution in [0.25, 0.3) is 0 Å². The molecule has 1 atom stereocenters. The number of carbonyl (C=O) groups excluding carboxylic acids is 1. The lowest BCUT2D eigenvalue weighted by Crippen LogP contribution is -2.57. The molecule has 5 heteroatoms. The van der Waals surface area contributed by atoms with E-state index in [2.05, 4.69) is 10.2 Å². The molecule has 0 radical (unpaired) electrons. The molecule has 4 nitrogen and oxygen atoms in total. The van der Waals surface area contributed by atoms with Crippen LogP contribution in [0.4, 0.5) is 5.69 Å². The number of anilines is 1. The van der Waals surface area contributed by atoms with Crippen LogP contribution in [0.5, 0.6) is 0 Å². The van der Waals surface area contributed by atoms with Gasteiger partial charge in [-0.05, 0) is 80.4 Å². The van der Waals surface area contributed by atoms with Crippen molar-refractivity contribution in [3.05, 3.63) is 54.1 Å². The zero-order valence-corrected chi connectivity index (χ0v) is 15.0. The first kappa shape index (κ1) is 16.5. The van der Waals surface area contributed by atoms with Crippen molar-refractivity contribution in [3.8, 4) is 0 Å². The van der Waals surface area contributed by atoms with Gasteiger partial charge < -0.3 is 16.0 Å². The molecule has 3 heterocycles. The van der Waals surface area contributed by atoms with Crippen LogP contribution in [0.1, 0.15) is 23.2 Å². The van der Waals surface area contributed by atoms with Crippen molar-refractivity contribution >= 4 is 23.4 Å². The van der Waals surface area contributed by atoms with Crippen LogP contribution in [-0.2, 0) is 0 Å². The molecule has 3 aliphatic heterocycles. The van der Waals surface area contributed by atoms with E-state index in [9.17, 15) is 4.79 Å². The lowest BCUT2D eigenvalue weighted by molar-refractivity contribution is 0.0620. The number of nitrogens with one attached hydrogen (secondary N) is 1. The van der Waals surface area contributed by atoms with Gasteiger partial charge in [-0.2, -0.15) is 0 Å². The van der Waals surface area contributed by atoms with Gasteiger partial charge in [-0.1, -0.05) is 11.8 Å². The average Bonchev–Trinajstić information content (AvgIpc) is 2.65. The molecule has 25 heavy (non-hydrogen) atoms. The molecule has 0 spiro atoms. The first-order chi connectivity index (χ1) is 12.2. The minimum atomic E-state index is 0.0442. The Balaban J connectivity index is 1.38. The minimum Gasteiger partial charge on any atom is -0.399 e. The molecule has 1 amide bonds. The van der Waals surface area contributed by atoms with Gasteiger partial charge in [-0.3, -0.25) is 4.79 Å². The van der Waals surface area contributed by atoms with Gasteiger partial charge in [0.15, 0.2) is 0 Å². The maximum atomic E-state index is 12.5. The molecule has 3 saturated heterocycles. The number of benzene rings is 2. The summed E-state index contributed by atoms with van der Waals surface area (Å²) in [5, 5.41) is 3.24. The summed E-state index contributed by atoms with van der Waals surface area (Å²) in [5.74, 6) is 0.692. The molecular formula is C20H23N3OS. The smallest absolute Gasteiger partial charge is 0.251 e. The lowest BCUT2D eigenvalue weighted by Gasteiger charge is -2.44. The fourth-order valence-electron chi connectivity index (χ4n) is 3.73. The van der Waals surface area contributed by atoms with Crippen LogP contribution in [0.15, 0.2) is 58.3 Å². The zero-order valence-electron chi connectivity index (χ0n) is 14.2. The summed E-state index contributed by atoms with van der Waals surface area (Å²) in [5.41, 5.74) is 7.22. The van der Waals surface area contributed by atoms with Crippen molar-refractivity contribution in [3.63, 3.8) is 0 Å². The monoisotopic (exact) mass is 353 g/mol. The predicted molar refractivity (Wildman–Crippen MR) is 102 cm³/mol. The number of piperidine rings is 3. The third-order valence-electron chi connectivity index (χ3n) is 5.20. The number of hydrogen-bond donors (Lipinski definition) is 2. The largest absolute Gasteiger partial charge is 0.399 e. The number of nitrogens with zero attached hydrogens (tertiary/aromatic N) is 1. The number of amides is 1. The number of hydrogen-bond acceptors (Lipinski definition) is 4. The molecule has 2 bridgehead atoms. The summed E-state index contributed by atoms with van der Waals surface area (Å²) in [6.45, 7) is 3.38. The van der Waals surface area contributed by atoms with Gasteiger partial charge in [0, 0.05) is 33.6 Å². The lowest BCUT2D eigenvalue weighted by atomic mass is 9.84. The summed E-state index contributed by atoms with van der Waals surface area (Å²) in [7, 11) is 0. The van der Waals surface area contributed by atoms with E-state index in [-0.39, 0.29) is 5.91 Å². The Labute approximate surface area is 152 Å². The molecule has 130 valence electrons. The second kappa shape index (κ2) is 7.10. The first-order valence-corrected chi connectivity index (χ1v) is 9.66. The Morgan fingerprint density at radius 2 is 1.60 bits per heavy atom. The van der Waals surface area contributed by atoms with Crippen LogP contribution in [0.2, 0.25) is 0 Å². The van der Waals surface area contributed by atoms with Gasteiger partial charge in [-0.25, -0.2) is 0 Å². The Morgan fingerprint density at radius 3 is 2.16 bits per heavy atom. The van der Waals surface area contributed by atoms with Crippen LogP contribution >= 0.6 is 11.8 Å². The van der Waals surface area contributed by atoms with E-state index >= 15 is 0 Å². The van der Waals surface area contributed by atoms with Crippen molar-refractivity contribution in [1.29, 1.82) is 0 Å². The SMILES string of the molecule is Nc1ccc(Sc2ccc(C(=O)NC3CN4CCC3CC4)cc2)cc1. The minimum absolute atomic E-state index is 0.0442. The van der Waals surface area contributed by atoms with E-state index in [0.29, 0.717) is 12.0 Å². The molecule has 5 rings (SSSR count). The fourth-order valence-corrected chi connectivity index (χ4v) is 4.54. The summed E-state index contributed by atoms with van der Waals surface area (Å²) in [6, 6.07) is 16.0. The van der Waals surface area contributed by atoms with Gasteiger partial charge in [0.2, 0.25) is 0 Å². The van der Waals surface area contributed by atoms with Crippen molar-refractivity contribution in [2.24, 2.45) is 5.92 Å². The van der Waals surface area contributed by atoms with Crippen LogP contribution in [-0.4, -0.2) is 36.5 Å². The second-order valence-electron chi connectivity index (χ2n) is 6.91. The van der Waals surface area contributed by atoms with Crippen molar-refractivity contribution in [2.75, 3.05) is 25.4 Å². The molecular weight excluding hydrogens is 330 g/mol. The second-order valence-corrected chi connectivity index (χ2v) is 8.06. The average molecular weight is 353 g/mol. The van der Waals surface area contributed by atoms with Gasteiger partial charge in [0.25, 0.3) is 5.91 Å². The molecule has 2 aromatic rings. The van der Waals surface area contributed by atoms with E-state index in [1.807, 2.05) is 48.5 Å². The number of carbonyl (C=O) groups is 1. The van der Waals surface area contributed by atoms with Gasteiger partial charge in [0.1, 0.15) is 0 Å². The summed E-state index contributed by atoms with van der Waals surface area (Å²) >= 11 is 1.67. The number of fused-ring (bicyclic) bond motifs is 3. The summed E-state index contributed by atoms with van der Waals surface area (Å²) < 4.78 is 0. The molecule has 3 aliphatic rings. The van der Waals surface area contributed by atoms with Crippen LogP contribution < -0.4 is 11.1 Å². The highest BCUT2D eigenvalue weighted by Crippen LogP contribution is 2.29. The Hall–Kier alpha value is -1.98. The molecule has 1 unspecified atom stereocenters. The highest BCUT2D eigenvalue weighted by molar-refractivity contribution is 7.99. The van der Waals surface area contributed by atoms with E-state index in [0.717, 1.165) is 27.6 Å². The highest BCUT2D eigenvalue weighted by atomic mass is 32.2. The van der Waals surface area contributed by atoms with Crippen LogP contribution in [0, 0.1) is 5.92 Å². The molecule has 3 N–H and O–H groups in total. The Kier molecular flexibility index (Phi) is 4.68. The fraction of sp³-hybridized carbons (Fsp3) is 0.350. The van der Waals surface area contributed by atoms with Gasteiger partial charge in [-0.15, -0.1) is 0 Å². The Bertz CT molecular complexity index is 737. The van der Waals surface area contributed by atoms with Gasteiger partial charge in [0.05, 0.1) is 0 Å². The number of rotatable bonds is 4. The molecule has 3 fully saturated rings.